The minimum Gasteiger partial charge on any atom is -0.309 e. The Hall–Kier alpha value is -13.2. The summed E-state index contributed by atoms with van der Waals surface area (Å²) in [6.07, 6.45) is 0. The molecule has 19 rings (SSSR count). The van der Waals surface area contributed by atoms with Gasteiger partial charge in [-0.3, -0.25) is 0 Å². The minimum absolute atomic E-state index is 0.624. The maximum Gasteiger partial charge on any atom is 0.160 e. The molecule has 5 heterocycles. The Balaban J connectivity index is 0.680. The van der Waals surface area contributed by atoms with E-state index in [1.807, 2.05) is 24.3 Å². The lowest BCUT2D eigenvalue weighted by atomic mass is 10.0. The lowest BCUT2D eigenvalue weighted by molar-refractivity contribution is 1.16. The summed E-state index contributed by atoms with van der Waals surface area (Å²) in [5.74, 6) is 0.624. The molecule has 0 N–H and O–H groups in total. The Bertz CT molecular complexity index is 6020. The van der Waals surface area contributed by atoms with Crippen LogP contribution in [-0.2, 0) is 0 Å². The monoisotopic (exact) mass is 1220 g/mol. The molecule has 0 radical (unpaired) electrons. The van der Waals surface area contributed by atoms with Crippen LogP contribution >= 0.6 is 0 Å². The molecule has 7 heteroatoms. The fourth-order valence-corrected chi connectivity index (χ4v) is 14.9. The van der Waals surface area contributed by atoms with Gasteiger partial charge in [0.05, 0.1) is 67.2 Å². The molecule has 14 aromatic carbocycles. The number of nitrogens with zero attached hydrogens (tertiary/aromatic N) is 7. The fourth-order valence-electron chi connectivity index (χ4n) is 14.9. The predicted molar refractivity (Wildman–Crippen MR) is 397 cm³/mol. The van der Waals surface area contributed by atoms with E-state index in [1.54, 1.807) is 0 Å². The van der Waals surface area contributed by atoms with Crippen molar-refractivity contribution in [2.45, 2.75) is 0 Å². The number of hydrogen-bond donors (Lipinski definition) is 0. The van der Waals surface area contributed by atoms with E-state index in [4.69, 9.17) is 9.97 Å². The van der Waals surface area contributed by atoms with Gasteiger partial charge in [0.25, 0.3) is 0 Å². The summed E-state index contributed by atoms with van der Waals surface area (Å²) in [5.41, 5.74) is 25.5. The number of hydrogen-bond acceptors (Lipinski definition) is 3. The molecule has 0 aliphatic heterocycles. The zero-order chi connectivity index (χ0) is 63.4. The van der Waals surface area contributed by atoms with E-state index in [0.717, 1.165) is 84.0 Å². The quantitative estimate of drug-likeness (QED) is 0.137. The normalized spacial score (nSPS) is 11.7. The summed E-state index contributed by atoms with van der Waals surface area (Å²) in [6, 6.07) is 122. The lowest BCUT2D eigenvalue weighted by Gasteiger charge is -2.13. The molecule has 0 bridgehead atoms. The molecule has 0 aliphatic rings. The van der Waals surface area contributed by atoms with Crippen molar-refractivity contribution in [3.63, 3.8) is 0 Å². The van der Waals surface area contributed by atoms with Crippen molar-refractivity contribution >= 4 is 87.2 Å². The van der Waals surface area contributed by atoms with E-state index in [1.165, 1.54) is 87.4 Å². The van der Waals surface area contributed by atoms with Gasteiger partial charge in [0.2, 0.25) is 0 Å². The second-order valence-corrected chi connectivity index (χ2v) is 24.8. The van der Waals surface area contributed by atoms with E-state index in [9.17, 15) is 5.26 Å². The average molecular weight is 1220 g/mol. The molecule has 7 nitrogen and oxygen atoms in total. The molecule has 0 atom stereocenters. The lowest BCUT2D eigenvalue weighted by Crippen LogP contribution is -1.98. The van der Waals surface area contributed by atoms with Gasteiger partial charge in [-0.25, -0.2) is 9.97 Å². The highest BCUT2D eigenvalue weighted by Crippen LogP contribution is 2.42. The Morgan fingerprint density at radius 3 is 0.875 bits per heavy atom. The molecule has 0 aliphatic carbocycles. The summed E-state index contributed by atoms with van der Waals surface area (Å²) in [4.78, 5) is 10.7. The van der Waals surface area contributed by atoms with Crippen molar-refractivity contribution < 1.29 is 0 Å². The molecule has 0 unspecified atom stereocenters. The number of para-hydroxylation sites is 6. The zero-order valence-corrected chi connectivity index (χ0v) is 51.9. The third-order valence-corrected chi connectivity index (χ3v) is 19.4. The molecule has 0 saturated carbocycles. The van der Waals surface area contributed by atoms with Crippen molar-refractivity contribution in [3.8, 4) is 96.1 Å². The summed E-state index contributed by atoms with van der Waals surface area (Å²) in [6.45, 7) is 0. The van der Waals surface area contributed by atoms with E-state index >= 15 is 0 Å². The van der Waals surface area contributed by atoms with Crippen LogP contribution in [0, 0.1) is 11.3 Å². The molecule has 0 fully saturated rings. The number of aromatic nitrogens is 6. The molecule has 0 saturated heterocycles. The summed E-state index contributed by atoms with van der Waals surface area (Å²) >= 11 is 0. The standard InChI is InChI=1S/C89H55N7/c90-56-57-16-15-17-62(50-57)58-30-32-59(33-31-58)79-55-80(60-34-42-69(43-35-60)95-83-28-13-9-24-73(83)77-53-65(40-48-87(77)95)63-38-46-85-75(51-63)71-22-7-11-26-81(71)93(85)67-18-3-1-4-19-67)92-89(91-79)61-36-44-70(45-37-61)96-84-29-14-10-25-74(84)78-54-66(41-49-88(78)96)64-39-47-86-76(52-64)72-23-8-12-27-82(72)94(86)68-20-5-2-6-21-68/h1-55H. The van der Waals surface area contributed by atoms with Crippen LogP contribution in [-0.4, -0.2) is 28.2 Å². The van der Waals surface area contributed by atoms with Crippen molar-refractivity contribution in [1.82, 2.24) is 28.2 Å². The average Bonchev–Trinajstić information content (AvgIpc) is 1.60. The predicted octanol–water partition coefficient (Wildman–Crippen LogP) is 22.7. The third-order valence-electron chi connectivity index (χ3n) is 19.4. The Kier molecular flexibility index (Phi) is 12.5. The highest BCUT2D eigenvalue weighted by molar-refractivity contribution is 6.15. The summed E-state index contributed by atoms with van der Waals surface area (Å²) < 4.78 is 9.49. The van der Waals surface area contributed by atoms with Crippen LogP contribution in [0.2, 0.25) is 0 Å². The van der Waals surface area contributed by atoms with Gasteiger partial charge in [-0.2, -0.15) is 5.26 Å². The van der Waals surface area contributed by atoms with Gasteiger partial charge in [0.15, 0.2) is 5.82 Å². The second kappa shape index (κ2) is 22.0. The molecule has 96 heavy (non-hydrogen) atoms. The first kappa shape index (κ1) is 54.6. The smallest absolute Gasteiger partial charge is 0.160 e. The van der Waals surface area contributed by atoms with Crippen LogP contribution < -0.4 is 0 Å². The highest BCUT2D eigenvalue weighted by Gasteiger charge is 2.21. The third kappa shape index (κ3) is 8.89. The van der Waals surface area contributed by atoms with Gasteiger partial charge in [0, 0.05) is 82.5 Å². The molecular weight excluding hydrogens is 1170 g/mol. The first-order valence-electron chi connectivity index (χ1n) is 32.5. The Morgan fingerprint density at radius 2 is 0.500 bits per heavy atom. The maximum absolute atomic E-state index is 9.71. The number of benzene rings is 14. The second-order valence-electron chi connectivity index (χ2n) is 24.8. The SMILES string of the molecule is N#Cc1cccc(-c2ccc(-c3cc(-c4ccc(-n5c6ccccc6c6cc(-c7ccc8c(c7)c7ccccc7n8-c7ccccc7)ccc65)cc4)nc(-c4ccc(-n5c6ccccc6c6cc(-c7ccc8c(c7)c7ccccc7n8-c7ccccc7)ccc65)cc4)n3)cc2)c1. The van der Waals surface area contributed by atoms with Crippen LogP contribution in [0.15, 0.2) is 334 Å². The Labute approximate surface area is 552 Å². The number of nitriles is 1. The van der Waals surface area contributed by atoms with Crippen LogP contribution in [0.5, 0.6) is 0 Å². The summed E-state index contributed by atoms with van der Waals surface area (Å²) in [7, 11) is 0. The van der Waals surface area contributed by atoms with Gasteiger partial charge in [0.1, 0.15) is 0 Å². The van der Waals surface area contributed by atoms with Gasteiger partial charge >= 0.3 is 0 Å². The molecule has 0 spiro atoms. The Morgan fingerprint density at radius 1 is 0.208 bits per heavy atom. The molecule has 0 amide bonds. The number of rotatable bonds is 10. The van der Waals surface area contributed by atoms with Crippen LogP contribution in [0.3, 0.4) is 0 Å². The van der Waals surface area contributed by atoms with E-state index in [2.05, 4.69) is 334 Å². The van der Waals surface area contributed by atoms with Crippen LogP contribution in [0.4, 0.5) is 0 Å². The fraction of sp³-hybridized carbons (Fsp3) is 0. The van der Waals surface area contributed by atoms with Crippen LogP contribution in [0.25, 0.3) is 177 Å². The van der Waals surface area contributed by atoms with E-state index in [-0.39, 0.29) is 0 Å². The van der Waals surface area contributed by atoms with Crippen molar-refractivity contribution in [2.24, 2.45) is 0 Å². The topological polar surface area (TPSA) is 69.3 Å². The van der Waals surface area contributed by atoms with Gasteiger partial charge in [-0.15, -0.1) is 0 Å². The first-order valence-corrected chi connectivity index (χ1v) is 32.5. The molecule has 5 aromatic heterocycles. The molecule has 446 valence electrons. The molecule has 19 aromatic rings. The largest absolute Gasteiger partial charge is 0.309 e. The van der Waals surface area contributed by atoms with Gasteiger partial charge < -0.3 is 18.3 Å². The molecular formula is C89H55N7. The van der Waals surface area contributed by atoms with E-state index in [0.29, 0.717) is 11.4 Å². The maximum atomic E-state index is 9.71. The van der Waals surface area contributed by atoms with Gasteiger partial charge in [-0.05, 0) is 185 Å². The zero-order valence-electron chi connectivity index (χ0n) is 51.9. The number of fused-ring (bicyclic) bond motifs is 12. The highest BCUT2D eigenvalue weighted by atomic mass is 15.0. The van der Waals surface area contributed by atoms with Crippen LogP contribution in [0.1, 0.15) is 5.56 Å². The van der Waals surface area contributed by atoms with Crippen molar-refractivity contribution in [1.29, 1.82) is 5.26 Å². The van der Waals surface area contributed by atoms with Gasteiger partial charge in [-0.1, -0.05) is 182 Å². The van der Waals surface area contributed by atoms with E-state index < -0.39 is 0 Å². The van der Waals surface area contributed by atoms with Crippen molar-refractivity contribution in [2.75, 3.05) is 0 Å². The minimum atomic E-state index is 0.624. The summed E-state index contributed by atoms with van der Waals surface area (Å²) in [5, 5.41) is 19.4. The first-order chi connectivity index (χ1) is 47.5. The van der Waals surface area contributed by atoms with Crippen molar-refractivity contribution in [3.05, 3.63) is 339 Å².